The Hall–Kier alpha value is -3.62. The number of aryl methyl sites for hydroxylation is 1. The van der Waals surface area contributed by atoms with E-state index in [-0.39, 0.29) is 11.8 Å². The third kappa shape index (κ3) is 2.69. The van der Waals surface area contributed by atoms with Crippen molar-refractivity contribution < 1.29 is 13.2 Å². The summed E-state index contributed by atoms with van der Waals surface area (Å²) in [5.74, 6) is -2.49. The molecule has 9 heteroatoms. The van der Waals surface area contributed by atoms with Gasteiger partial charge in [-0.15, -0.1) is 0 Å². The Morgan fingerprint density at radius 1 is 1.12 bits per heavy atom. The summed E-state index contributed by atoms with van der Waals surface area (Å²) in [5, 5.41) is 3.37. The van der Waals surface area contributed by atoms with Crippen LogP contribution in [0.25, 0.3) is 22.2 Å². The predicted octanol–water partition coefficient (Wildman–Crippen LogP) is 3.59. The normalized spacial score (nSPS) is 11.0. The molecule has 26 heavy (non-hydrogen) atoms. The molecule has 0 unspecified atom stereocenters. The zero-order chi connectivity index (χ0) is 18.3. The summed E-state index contributed by atoms with van der Waals surface area (Å²) in [4.78, 5) is 15.6. The zero-order valence-electron chi connectivity index (χ0n) is 13.5. The molecule has 0 bridgehead atoms. The van der Waals surface area contributed by atoms with E-state index in [1.165, 1.54) is 0 Å². The van der Waals surface area contributed by atoms with Crippen LogP contribution in [0.2, 0.25) is 0 Å². The molecule has 0 fully saturated rings. The molecule has 0 amide bonds. The van der Waals surface area contributed by atoms with Gasteiger partial charge in [0.25, 0.3) is 5.95 Å². The van der Waals surface area contributed by atoms with Crippen LogP contribution in [-0.4, -0.2) is 19.9 Å². The molecule has 0 aliphatic carbocycles. The van der Waals surface area contributed by atoms with E-state index < -0.39 is 11.8 Å². The van der Waals surface area contributed by atoms with Gasteiger partial charge in [0.05, 0.1) is 11.6 Å². The van der Waals surface area contributed by atoms with Crippen molar-refractivity contribution in [1.82, 2.24) is 19.9 Å². The van der Waals surface area contributed by atoms with Gasteiger partial charge < -0.3 is 15.5 Å². The second-order valence-corrected chi connectivity index (χ2v) is 5.52. The molecule has 4 aromatic heterocycles. The molecule has 4 aromatic rings. The Balaban J connectivity index is 1.83. The van der Waals surface area contributed by atoms with Crippen molar-refractivity contribution in [2.24, 2.45) is 0 Å². The number of rotatable bonds is 3. The zero-order valence-corrected chi connectivity index (χ0v) is 13.5. The Morgan fingerprint density at radius 3 is 2.69 bits per heavy atom. The minimum atomic E-state index is -1.26. The second kappa shape index (κ2) is 6.03. The quantitative estimate of drug-likeness (QED) is 0.542. The molecular formula is C17H12F2N6O. The van der Waals surface area contributed by atoms with E-state index in [1.807, 2.05) is 13.0 Å². The van der Waals surface area contributed by atoms with Crippen LogP contribution in [0.4, 0.5) is 26.3 Å². The van der Waals surface area contributed by atoms with Crippen molar-refractivity contribution in [3.8, 4) is 11.3 Å². The van der Waals surface area contributed by atoms with Crippen molar-refractivity contribution >= 4 is 28.5 Å². The van der Waals surface area contributed by atoms with Crippen LogP contribution in [0.1, 0.15) is 5.69 Å². The number of nitrogen functional groups attached to an aromatic ring is 1. The summed E-state index contributed by atoms with van der Waals surface area (Å²) in [7, 11) is 0. The maximum absolute atomic E-state index is 13.3. The standard InChI is InChI=1S/C17H12F2N6O/c1-8-6-9(2-4-21-8)12-14-10(3-5-22-12)13(16(20)26-14)24-17-23-7-11(18)15(19)25-17/h2-7H,20H2,1H3,(H,23,24,25). The number of hydrogen-bond acceptors (Lipinski definition) is 7. The Morgan fingerprint density at radius 2 is 1.92 bits per heavy atom. The van der Waals surface area contributed by atoms with Gasteiger partial charge in [-0.3, -0.25) is 9.97 Å². The minimum absolute atomic E-state index is 0.0494. The van der Waals surface area contributed by atoms with Crippen LogP contribution < -0.4 is 11.1 Å². The number of nitrogens with two attached hydrogens (primary N) is 1. The number of halogens is 2. The third-order valence-corrected chi connectivity index (χ3v) is 3.74. The first-order chi connectivity index (χ1) is 12.5. The van der Waals surface area contributed by atoms with Crippen molar-refractivity contribution in [1.29, 1.82) is 0 Å². The fourth-order valence-corrected chi connectivity index (χ4v) is 2.59. The van der Waals surface area contributed by atoms with E-state index in [0.717, 1.165) is 17.5 Å². The highest BCUT2D eigenvalue weighted by molar-refractivity contribution is 6.03. The van der Waals surface area contributed by atoms with E-state index in [2.05, 4.69) is 25.3 Å². The molecule has 0 radical (unpaired) electrons. The average Bonchev–Trinajstić information content (AvgIpc) is 2.94. The Labute approximate surface area is 145 Å². The molecule has 4 heterocycles. The Kier molecular flexibility index (Phi) is 3.68. The lowest BCUT2D eigenvalue weighted by Gasteiger charge is -2.04. The first-order valence-electron chi connectivity index (χ1n) is 7.58. The summed E-state index contributed by atoms with van der Waals surface area (Å²) in [6.07, 6.45) is 4.00. The maximum Gasteiger partial charge on any atom is 0.253 e. The number of pyridine rings is 2. The molecule has 0 atom stereocenters. The molecule has 130 valence electrons. The van der Waals surface area contributed by atoms with Crippen LogP contribution in [-0.2, 0) is 0 Å². The Bertz CT molecular complexity index is 1130. The van der Waals surface area contributed by atoms with Crippen molar-refractivity contribution in [2.45, 2.75) is 6.92 Å². The number of anilines is 3. The highest BCUT2D eigenvalue weighted by atomic mass is 19.2. The second-order valence-electron chi connectivity index (χ2n) is 5.52. The molecule has 3 N–H and O–H groups in total. The van der Waals surface area contributed by atoms with Crippen LogP contribution in [0.5, 0.6) is 0 Å². The number of fused-ring (bicyclic) bond motifs is 1. The van der Waals surface area contributed by atoms with E-state index in [4.69, 9.17) is 10.2 Å². The number of nitrogens with one attached hydrogen (secondary N) is 1. The molecule has 0 aliphatic heterocycles. The smallest absolute Gasteiger partial charge is 0.253 e. The number of nitrogens with zero attached hydrogens (tertiary/aromatic N) is 4. The molecule has 0 spiro atoms. The van der Waals surface area contributed by atoms with Crippen LogP contribution in [0.15, 0.2) is 41.2 Å². The number of furan rings is 1. The van der Waals surface area contributed by atoms with Gasteiger partial charge in [0, 0.05) is 23.7 Å². The third-order valence-electron chi connectivity index (χ3n) is 3.74. The van der Waals surface area contributed by atoms with Gasteiger partial charge in [-0.25, -0.2) is 9.37 Å². The first-order valence-corrected chi connectivity index (χ1v) is 7.58. The average molecular weight is 354 g/mol. The SMILES string of the molecule is Cc1cc(-c2nccc3c(Nc4ncc(F)c(F)n4)c(N)oc23)ccn1. The van der Waals surface area contributed by atoms with E-state index >= 15 is 0 Å². The van der Waals surface area contributed by atoms with Gasteiger partial charge in [0.15, 0.2) is 11.4 Å². The summed E-state index contributed by atoms with van der Waals surface area (Å²) in [6, 6.07) is 5.36. The number of hydrogen-bond donors (Lipinski definition) is 2. The first kappa shape index (κ1) is 15.9. The van der Waals surface area contributed by atoms with Gasteiger partial charge in [-0.05, 0) is 25.1 Å². The highest BCUT2D eigenvalue weighted by Gasteiger charge is 2.18. The predicted molar refractivity (Wildman–Crippen MR) is 91.6 cm³/mol. The van der Waals surface area contributed by atoms with Gasteiger partial charge >= 0.3 is 0 Å². The van der Waals surface area contributed by atoms with Crippen molar-refractivity contribution in [3.63, 3.8) is 0 Å². The van der Waals surface area contributed by atoms with Gasteiger partial charge in [-0.1, -0.05) is 0 Å². The topological polar surface area (TPSA) is 103 Å². The van der Waals surface area contributed by atoms with E-state index in [9.17, 15) is 8.78 Å². The summed E-state index contributed by atoms with van der Waals surface area (Å²) in [5.41, 5.74) is 8.97. The molecule has 0 saturated heterocycles. The van der Waals surface area contributed by atoms with Crippen LogP contribution in [0.3, 0.4) is 0 Å². The van der Waals surface area contributed by atoms with Crippen molar-refractivity contribution in [3.05, 3.63) is 54.2 Å². The minimum Gasteiger partial charge on any atom is -0.436 e. The molecule has 7 nitrogen and oxygen atoms in total. The lowest BCUT2D eigenvalue weighted by molar-refractivity contribution is 0.475. The molecule has 0 aromatic carbocycles. The fourth-order valence-electron chi connectivity index (χ4n) is 2.59. The fraction of sp³-hybridized carbons (Fsp3) is 0.0588. The van der Waals surface area contributed by atoms with E-state index in [0.29, 0.717) is 22.4 Å². The number of aromatic nitrogens is 4. The summed E-state index contributed by atoms with van der Waals surface area (Å²) in [6.45, 7) is 1.87. The summed E-state index contributed by atoms with van der Waals surface area (Å²) >= 11 is 0. The summed E-state index contributed by atoms with van der Waals surface area (Å²) < 4.78 is 32.0. The largest absolute Gasteiger partial charge is 0.436 e. The monoisotopic (exact) mass is 354 g/mol. The van der Waals surface area contributed by atoms with Gasteiger partial charge in [0.2, 0.25) is 11.8 Å². The van der Waals surface area contributed by atoms with Crippen molar-refractivity contribution in [2.75, 3.05) is 11.1 Å². The lowest BCUT2D eigenvalue weighted by atomic mass is 10.1. The maximum atomic E-state index is 13.3. The van der Waals surface area contributed by atoms with Gasteiger partial charge in [-0.2, -0.15) is 9.37 Å². The molecule has 0 saturated carbocycles. The van der Waals surface area contributed by atoms with E-state index in [1.54, 1.807) is 24.5 Å². The van der Waals surface area contributed by atoms with Crippen LogP contribution >= 0.6 is 0 Å². The van der Waals surface area contributed by atoms with Crippen LogP contribution in [0, 0.1) is 18.7 Å². The van der Waals surface area contributed by atoms with Gasteiger partial charge in [0.1, 0.15) is 11.4 Å². The highest BCUT2D eigenvalue weighted by Crippen LogP contribution is 2.38. The molecule has 4 rings (SSSR count). The molecular weight excluding hydrogens is 342 g/mol. The lowest BCUT2D eigenvalue weighted by Crippen LogP contribution is -2.02. The molecule has 0 aliphatic rings.